The number of aryl methyl sites for hydroxylation is 2. The monoisotopic (exact) mass is 172 g/mol. The molecule has 0 bridgehead atoms. The van der Waals surface area contributed by atoms with Crippen LogP contribution in [0.1, 0.15) is 17.0 Å². The molecule has 0 fully saturated rings. The Hall–Kier alpha value is -0.600. The third kappa shape index (κ3) is 2.48. The van der Waals surface area contributed by atoms with Gasteiger partial charge in [-0.2, -0.15) is 0 Å². The number of hydrogen-bond donors (Lipinski definition) is 1. The van der Waals surface area contributed by atoms with E-state index in [2.05, 4.69) is 4.98 Å². The van der Waals surface area contributed by atoms with Crippen molar-refractivity contribution in [1.29, 1.82) is 0 Å². The third-order valence-corrected chi connectivity index (χ3v) is 1.62. The highest BCUT2D eigenvalue weighted by Crippen LogP contribution is 2.03. The van der Waals surface area contributed by atoms with Gasteiger partial charge < -0.3 is 5.73 Å². The first kappa shape index (κ1) is 10.4. The Kier molecular flexibility index (Phi) is 4.08. The molecule has 1 rings (SSSR count). The lowest BCUT2D eigenvalue weighted by molar-refractivity contribution is 0.960. The number of hydrogen-bond acceptors (Lipinski definition) is 2. The van der Waals surface area contributed by atoms with Crippen LogP contribution in [0.5, 0.6) is 0 Å². The molecule has 0 aliphatic rings. The highest BCUT2D eigenvalue weighted by atomic mass is 35.5. The minimum absolute atomic E-state index is 0. The lowest BCUT2D eigenvalue weighted by Crippen LogP contribution is -2.00. The number of halogens is 1. The molecule has 1 heterocycles. The smallest absolute Gasteiger partial charge is 0.0542 e. The molecule has 0 saturated heterocycles. The van der Waals surface area contributed by atoms with Crippen molar-refractivity contribution in [2.45, 2.75) is 20.4 Å². The van der Waals surface area contributed by atoms with Crippen LogP contribution in [0.3, 0.4) is 0 Å². The Morgan fingerprint density at radius 2 is 2.00 bits per heavy atom. The molecule has 0 unspecified atom stereocenters. The van der Waals surface area contributed by atoms with Crippen molar-refractivity contribution in [2.75, 3.05) is 0 Å². The summed E-state index contributed by atoms with van der Waals surface area (Å²) in [5, 5.41) is 0. The van der Waals surface area contributed by atoms with Crippen LogP contribution < -0.4 is 5.73 Å². The van der Waals surface area contributed by atoms with Gasteiger partial charge in [0.15, 0.2) is 0 Å². The van der Waals surface area contributed by atoms with Crippen molar-refractivity contribution in [3.05, 3.63) is 29.1 Å². The summed E-state index contributed by atoms with van der Waals surface area (Å²) < 4.78 is 0. The first-order valence-electron chi connectivity index (χ1n) is 3.37. The molecule has 1 aromatic heterocycles. The maximum Gasteiger partial charge on any atom is 0.0542 e. The maximum atomic E-state index is 5.41. The summed E-state index contributed by atoms with van der Waals surface area (Å²) >= 11 is 0. The zero-order valence-electron chi connectivity index (χ0n) is 6.79. The maximum absolute atomic E-state index is 5.41. The fraction of sp³-hybridized carbons (Fsp3) is 0.375. The molecular weight excluding hydrogens is 160 g/mol. The molecule has 0 aromatic carbocycles. The number of nitrogens with two attached hydrogens (primary N) is 1. The molecule has 3 heteroatoms. The summed E-state index contributed by atoms with van der Waals surface area (Å²) in [4.78, 5) is 4.27. The quantitative estimate of drug-likeness (QED) is 0.699. The van der Waals surface area contributed by atoms with Gasteiger partial charge in [0.1, 0.15) is 0 Å². The molecule has 11 heavy (non-hydrogen) atoms. The van der Waals surface area contributed by atoms with Gasteiger partial charge in [0.2, 0.25) is 0 Å². The minimum atomic E-state index is 0. The van der Waals surface area contributed by atoms with Gasteiger partial charge >= 0.3 is 0 Å². The molecule has 0 spiro atoms. The van der Waals surface area contributed by atoms with Gasteiger partial charge in [-0.25, -0.2) is 0 Å². The van der Waals surface area contributed by atoms with Gasteiger partial charge in [-0.1, -0.05) is 6.07 Å². The topological polar surface area (TPSA) is 38.9 Å². The van der Waals surface area contributed by atoms with Crippen LogP contribution in [-0.2, 0) is 6.54 Å². The highest BCUT2D eigenvalue weighted by Gasteiger charge is 1.93. The second kappa shape index (κ2) is 4.31. The predicted octanol–water partition coefficient (Wildman–Crippen LogP) is 1.58. The van der Waals surface area contributed by atoms with E-state index in [0.717, 1.165) is 11.4 Å². The molecular formula is C8H13ClN2. The standard InChI is InChI=1S/C8H12N2.ClH/c1-6-3-4-8(5-9)10-7(6)2;/h3-4H,5,9H2,1-2H3;1H. The lowest BCUT2D eigenvalue weighted by Gasteiger charge is -2.00. The zero-order valence-corrected chi connectivity index (χ0v) is 7.61. The van der Waals surface area contributed by atoms with Crippen LogP contribution >= 0.6 is 12.4 Å². The molecule has 0 saturated carbocycles. The van der Waals surface area contributed by atoms with Crippen molar-refractivity contribution in [3.8, 4) is 0 Å². The van der Waals surface area contributed by atoms with Gasteiger partial charge in [0.25, 0.3) is 0 Å². The molecule has 62 valence electrons. The Bertz CT molecular complexity index is 236. The third-order valence-electron chi connectivity index (χ3n) is 1.62. The predicted molar refractivity (Wildman–Crippen MR) is 48.9 cm³/mol. The Labute approximate surface area is 73.2 Å². The zero-order chi connectivity index (χ0) is 7.56. The first-order valence-corrected chi connectivity index (χ1v) is 3.37. The van der Waals surface area contributed by atoms with Crippen molar-refractivity contribution in [2.24, 2.45) is 5.73 Å². The Morgan fingerprint density at radius 3 is 2.45 bits per heavy atom. The van der Waals surface area contributed by atoms with E-state index in [1.54, 1.807) is 0 Å². The van der Waals surface area contributed by atoms with E-state index in [9.17, 15) is 0 Å². The van der Waals surface area contributed by atoms with Crippen LogP contribution in [-0.4, -0.2) is 4.98 Å². The van der Waals surface area contributed by atoms with Gasteiger partial charge in [0, 0.05) is 12.2 Å². The van der Waals surface area contributed by atoms with Crippen LogP contribution in [0, 0.1) is 13.8 Å². The molecule has 0 amide bonds. The molecule has 0 radical (unpaired) electrons. The second-order valence-corrected chi connectivity index (χ2v) is 2.41. The molecule has 0 atom stereocenters. The van der Waals surface area contributed by atoms with Gasteiger partial charge in [-0.3, -0.25) is 4.98 Å². The van der Waals surface area contributed by atoms with E-state index in [-0.39, 0.29) is 12.4 Å². The van der Waals surface area contributed by atoms with Gasteiger partial charge in [-0.15, -0.1) is 12.4 Å². The molecule has 2 N–H and O–H groups in total. The SMILES string of the molecule is Cc1ccc(CN)nc1C.Cl. The first-order chi connectivity index (χ1) is 4.74. The van der Waals surface area contributed by atoms with Crippen LogP contribution in [0.15, 0.2) is 12.1 Å². The minimum Gasteiger partial charge on any atom is -0.325 e. The molecule has 2 nitrogen and oxygen atoms in total. The fourth-order valence-electron chi connectivity index (χ4n) is 0.796. The second-order valence-electron chi connectivity index (χ2n) is 2.41. The van der Waals surface area contributed by atoms with E-state index in [1.807, 2.05) is 26.0 Å². The van der Waals surface area contributed by atoms with Gasteiger partial charge in [0.05, 0.1) is 5.69 Å². The van der Waals surface area contributed by atoms with Gasteiger partial charge in [-0.05, 0) is 25.5 Å². The average Bonchev–Trinajstić information content (AvgIpc) is 1.95. The summed E-state index contributed by atoms with van der Waals surface area (Å²) in [6.45, 7) is 4.57. The summed E-state index contributed by atoms with van der Waals surface area (Å²) in [5.74, 6) is 0. The van der Waals surface area contributed by atoms with E-state index >= 15 is 0 Å². The van der Waals surface area contributed by atoms with Crippen LogP contribution in [0.25, 0.3) is 0 Å². The molecule has 0 aliphatic heterocycles. The number of nitrogens with zero attached hydrogens (tertiary/aromatic N) is 1. The average molecular weight is 173 g/mol. The van der Waals surface area contributed by atoms with E-state index in [1.165, 1.54) is 5.56 Å². The summed E-state index contributed by atoms with van der Waals surface area (Å²) in [6, 6.07) is 4.01. The Balaban J connectivity index is 0.000001000. The lowest BCUT2D eigenvalue weighted by atomic mass is 10.2. The number of pyridine rings is 1. The largest absolute Gasteiger partial charge is 0.325 e. The highest BCUT2D eigenvalue weighted by molar-refractivity contribution is 5.85. The molecule has 0 aliphatic carbocycles. The number of aromatic nitrogens is 1. The van der Waals surface area contributed by atoms with Crippen molar-refractivity contribution in [3.63, 3.8) is 0 Å². The summed E-state index contributed by atoms with van der Waals surface area (Å²) in [5.41, 5.74) is 8.66. The van der Waals surface area contributed by atoms with Crippen molar-refractivity contribution < 1.29 is 0 Å². The van der Waals surface area contributed by atoms with E-state index < -0.39 is 0 Å². The summed E-state index contributed by atoms with van der Waals surface area (Å²) in [7, 11) is 0. The Morgan fingerprint density at radius 1 is 1.36 bits per heavy atom. The van der Waals surface area contributed by atoms with Crippen molar-refractivity contribution in [1.82, 2.24) is 4.98 Å². The van der Waals surface area contributed by atoms with E-state index in [4.69, 9.17) is 5.73 Å². The number of rotatable bonds is 1. The van der Waals surface area contributed by atoms with Crippen LogP contribution in [0.4, 0.5) is 0 Å². The van der Waals surface area contributed by atoms with Crippen molar-refractivity contribution >= 4 is 12.4 Å². The normalized spacial score (nSPS) is 9.00. The van der Waals surface area contributed by atoms with Crippen LogP contribution in [0.2, 0.25) is 0 Å². The summed E-state index contributed by atoms with van der Waals surface area (Å²) in [6.07, 6.45) is 0. The molecule has 1 aromatic rings. The van der Waals surface area contributed by atoms with E-state index in [0.29, 0.717) is 6.54 Å². The fourth-order valence-corrected chi connectivity index (χ4v) is 0.796.